The maximum atomic E-state index is 8.56. The zero-order valence-electron chi connectivity index (χ0n) is 28.4. The molecular formula is C40H50IrN3O2. The molecule has 1 aliphatic heterocycles. The van der Waals surface area contributed by atoms with Crippen LogP contribution >= 0.6 is 0 Å². The van der Waals surface area contributed by atoms with Gasteiger partial charge in [-0.15, -0.1) is 41.6 Å². The molecule has 1 fully saturated rings. The minimum Gasteiger partial charge on any atom is -0.510 e. The van der Waals surface area contributed by atoms with Crippen molar-refractivity contribution >= 4 is 16.5 Å². The summed E-state index contributed by atoms with van der Waals surface area (Å²) in [6.07, 6.45) is 9.46. The summed E-state index contributed by atoms with van der Waals surface area (Å²) in [5.74, 6) is 0.617. The van der Waals surface area contributed by atoms with Crippen LogP contribution in [0.25, 0.3) is 22.0 Å². The van der Waals surface area contributed by atoms with Crippen molar-refractivity contribution < 1.29 is 30.3 Å². The summed E-state index contributed by atoms with van der Waals surface area (Å²) < 4.78 is 0. The molecule has 0 bridgehead atoms. The molecule has 5 nitrogen and oxygen atoms in total. The smallest absolute Gasteiger partial charge is 0.510 e. The molecule has 2 aliphatic rings. The van der Waals surface area contributed by atoms with Crippen LogP contribution in [-0.4, -0.2) is 39.4 Å². The molecule has 2 unspecified atom stereocenters. The first-order valence-corrected chi connectivity index (χ1v) is 16.0. The SMILES string of the molecule is CC(O)CC(C)O.CC1(C)CC(c2ccc3ccnc(-c4[c-]cccc4)c3c2)CC(C)(C)C1.CN1C=CN(c2[c-]cccc2)[CH-]1.[Ir+3]. The van der Waals surface area contributed by atoms with Gasteiger partial charge in [0.25, 0.3) is 0 Å². The van der Waals surface area contributed by atoms with Crippen molar-refractivity contribution in [1.29, 1.82) is 0 Å². The van der Waals surface area contributed by atoms with Gasteiger partial charge in [-0.1, -0.05) is 45.9 Å². The van der Waals surface area contributed by atoms with E-state index in [2.05, 4.69) is 81.2 Å². The molecule has 3 aromatic carbocycles. The van der Waals surface area contributed by atoms with E-state index in [1.807, 2.05) is 78.5 Å². The Bertz CT molecular complexity index is 1500. The summed E-state index contributed by atoms with van der Waals surface area (Å²) in [7, 11) is 2.00. The van der Waals surface area contributed by atoms with E-state index in [0.29, 0.717) is 23.2 Å². The molecule has 1 saturated carbocycles. The predicted molar refractivity (Wildman–Crippen MR) is 187 cm³/mol. The van der Waals surface area contributed by atoms with Crippen molar-refractivity contribution in [3.8, 4) is 11.3 Å². The second-order valence-corrected chi connectivity index (χ2v) is 14.2. The zero-order chi connectivity index (χ0) is 32.6. The molecule has 2 heterocycles. The molecule has 2 atom stereocenters. The Morgan fingerprint density at radius 3 is 2.07 bits per heavy atom. The maximum absolute atomic E-state index is 8.56. The fraction of sp³-hybridized carbons (Fsp3) is 0.400. The Balaban J connectivity index is 0.000000238. The van der Waals surface area contributed by atoms with E-state index in [1.165, 1.54) is 35.6 Å². The van der Waals surface area contributed by atoms with Crippen LogP contribution in [-0.2, 0) is 20.1 Å². The molecule has 4 aromatic rings. The summed E-state index contributed by atoms with van der Waals surface area (Å²) in [4.78, 5) is 8.72. The largest absolute Gasteiger partial charge is 3.00 e. The Kier molecular flexibility index (Phi) is 13.6. The van der Waals surface area contributed by atoms with Gasteiger partial charge in [-0.25, -0.2) is 0 Å². The minimum atomic E-state index is -0.375. The van der Waals surface area contributed by atoms with Crippen LogP contribution in [0.2, 0.25) is 0 Å². The van der Waals surface area contributed by atoms with Gasteiger partial charge in [0.2, 0.25) is 0 Å². The van der Waals surface area contributed by atoms with Crippen LogP contribution < -0.4 is 4.90 Å². The fourth-order valence-electron chi connectivity index (χ4n) is 6.91. The molecule has 0 radical (unpaired) electrons. The molecular weight excluding hydrogens is 747 g/mol. The van der Waals surface area contributed by atoms with E-state index in [1.54, 1.807) is 13.8 Å². The number of rotatable bonds is 5. The van der Waals surface area contributed by atoms with E-state index in [4.69, 9.17) is 10.2 Å². The van der Waals surface area contributed by atoms with Crippen LogP contribution in [0.15, 0.2) is 91.4 Å². The third-order valence-corrected chi connectivity index (χ3v) is 8.20. The van der Waals surface area contributed by atoms with Gasteiger partial charge in [-0.2, -0.15) is 37.0 Å². The second-order valence-electron chi connectivity index (χ2n) is 14.2. The number of nitrogens with zero attached hydrogens (tertiary/aromatic N) is 3. The quantitative estimate of drug-likeness (QED) is 0.198. The van der Waals surface area contributed by atoms with Gasteiger partial charge >= 0.3 is 20.1 Å². The molecule has 0 saturated heterocycles. The average Bonchev–Trinajstić information content (AvgIpc) is 3.42. The summed E-state index contributed by atoms with van der Waals surface area (Å²) in [5, 5.41) is 19.6. The first kappa shape index (κ1) is 37.4. The maximum Gasteiger partial charge on any atom is 3.00 e. The van der Waals surface area contributed by atoms with Crippen molar-refractivity contribution in [3.63, 3.8) is 0 Å². The number of aliphatic hydroxyl groups excluding tert-OH is 2. The number of aliphatic hydroxyl groups is 2. The molecule has 2 N–H and O–H groups in total. The number of aromatic nitrogens is 1. The third-order valence-electron chi connectivity index (χ3n) is 8.20. The number of benzene rings is 3. The van der Waals surface area contributed by atoms with E-state index in [9.17, 15) is 0 Å². The number of fused-ring (bicyclic) bond motifs is 1. The van der Waals surface area contributed by atoms with E-state index < -0.39 is 0 Å². The van der Waals surface area contributed by atoms with Gasteiger partial charge in [0.15, 0.2) is 0 Å². The fourth-order valence-corrected chi connectivity index (χ4v) is 6.91. The third kappa shape index (κ3) is 11.1. The number of hydrogen-bond acceptors (Lipinski definition) is 5. The Hall–Kier alpha value is -3.02. The molecule has 1 aromatic heterocycles. The van der Waals surface area contributed by atoms with Gasteiger partial charge in [-0.3, -0.25) is 0 Å². The number of para-hydroxylation sites is 1. The summed E-state index contributed by atoms with van der Waals surface area (Å²) in [5.41, 5.74) is 5.43. The van der Waals surface area contributed by atoms with Gasteiger partial charge < -0.3 is 25.0 Å². The number of pyridine rings is 1. The van der Waals surface area contributed by atoms with Crippen molar-refractivity contribution in [1.82, 2.24) is 9.88 Å². The molecule has 46 heavy (non-hydrogen) atoms. The van der Waals surface area contributed by atoms with Crippen LogP contribution in [0.5, 0.6) is 0 Å². The first-order chi connectivity index (χ1) is 21.3. The molecule has 0 amide bonds. The Morgan fingerprint density at radius 2 is 1.54 bits per heavy atom. The van der Waals surface area contributed by atoms with Crippen molar-refractivity contribution in [2.24, 2.45) is 10.8 Å². The van der Waals surface area contributed by atoms with E-state index in [-0.39, 0.29) is 32.3 Å². The minimum absolute atomic E-state index is 0. The first-order valence-electron chi connectivity index (χ1n) is 16.0. The topological polar surface area (TPSA) is 59.8 Å². The van der Waals surface area contributed by atoms with E-state index in [0.717, 1.165) is 16.9 Å². The molecule has 246 valence electrons. The van der Waals surface area contributed by atoms with Gasteiger partial charge in [0, 0.05) is 6.20 Å². The molecule has 1 aliphatic carbocycles. The van der Waals surface area contributed by atoms with Crippen LogP contribution in [0.1, 0.15) is 78.7 Å². The summed E-state index contributed by atoms with van der Waals surface area (Å²) in [6.45, 7) is 15.0. The molecule has 6 rings (SSSR count). The predicted octanol–water partition coefficient (Wildman–Crippen LogP) is 8.99. The second kappa shape index (κ2) is 16.7. The molecule has 6 heteroatoms. The van der Waals surface area contributed by atoms with Gasteiger partial charge in [0.05, 0.1) is 12.2 Å². The van der Waals surface area contributed by atoms with Crippen molar-refractivity contribution in [2.45, 2.75) is 85.4 Å². The number of hydrogen-bond donors (Lipinski definition) is 2. The number of anilines is 1. The van der Waals surface area contributed by atoms with Crippen LogP contribution in [0.4, 0.5) is 5.69 Å². The monoisotopic (exact) mass is 797 g/mol. The molecule has 0 spiro atoms. The van der Waals surface area contributed by atoms with Gasteiger partial charge in [-0.05, 0) is 104 Å². The summed E-state index contributed by atoms with van der Waals surface area (Å²) >= 11 is 0. The van der Waals surface area contributed by atoms with Crippen LogP contribution in [0.3, 0.4) is 0 Å². The van der Waals surface area contributed by atoms with Crippen molar-refractivity contribution in [2.75, 3.05) is 11.9 Å². The van der Waals surface area contributed by atoms with Gasteiger partial charge in [0.1, 0.15) is 0 Å². The summed E-state index contributed by atoms with van der Waals surface area (Å²) in [6, 6.07) is 31.6. The standard InChI is InChI=1S/C25H28N.C10H10N2.C5H12O2.Ir/c1-24(2)15-21(16-25(3,4)17-24)20-11-10-18-12-13-26-23(22(18)14-20)19-8-6-5-7-9-19;1-11-7-8-12(9-11)10-5-3-2-4-6-10;1-4(6)3-5(2)7;/h5-8,10-14,21H,15-17H2,1-4H3;2-5,7-9H,1H3;4-7H,3H2,1-2H3;/q-1;-2;;+3. The Morgan fingerprint density at radius 1 is 0.891 bits per heavy atom. The Labute approximate surface area is 290 Å². The normalized spacial score (nSPS) is 18.0. The van der Waals surface area contributed by atoms with Crippen LogP contribution in [0, 0.1) is 29.6 Å². The van der Waals surface area contributed by atoms with Crippen molar-refractivity contribution in [3.05, 3.63) is 116 Å². The average molecular weight is 797 g/mol. The van der Waals surface area contributed by atoms with E-state index >= 15 is 0 Å². The zero-order valence-corrected chi connectivity index (χ0v) is 30.8.